The summed E-state index contributed by atoms with van der Waals surface area (Å²) in [4.78, 5) is 4.01. The molecule has 4 nitrogen and oxygen atoms in total. The molecule has 0 amide bonds. The Morgan fingerprint density at radius 1 is 1.35 bits per heavy atom. The zero-order valence-corrected chi connectivity index (χ0v) is 14.4. The minimum atomic E-state index is -0.777. The molecular formula is C18H24ClN3O. The van der Waals surface area contributed by atoms with Crippen molar-refractivity contribution in [2.75, 3.05) is 0 Å². The molecule has 0 bridgehead atoms. The lowest BCUT2D eigenvalue weighted by Gasteiger charge is -2.37. The standard InChI is InChI=1S/C18H24ClN3O/c1-13(2)16-8-7-15(9-14-5-3-4-6-17(14)19)18(16,23)10-22-12-20-11-21-22/h3-6,11-13,15-16,23H,7-10H2,1-2H3. The Balaban J connectivity index is 1.87. The van der Waals surface area contributed by atoms with Crippen molar-refractivity contribution in [2.45, 2.75) is 45.3 Å². The third kappa shape index (κ3) is 3.29. The molecule has 3 unspecified atom stereocenters. The van der Waals surface area contributed by atoms with Crippen LogP contribution in [0.5, 0.6) is 0 Å². The minimum Gasteiger partial charge on any atom is -0.387 e. The molecule has 0 aliphatic heterocycles. The van der Waals surface area contributed by atoms with Gasteiger partial charge in [-0.2, -0.15) is 5.10 Å². The van der Waals surface area contributed by atoms with Gasteiger partial charge in [0.1, 0.15) is 12.7 Å². The molecular weight excluding hydrogens is 310 g/mol. The van der Waals surface area contributed by atoms with Gasteiger partial charge in [0.25, 0.3) is 0 Å². The number of nitrogens with zero attached hydrogens (tertiary/aromatic N) is 3. The van der Waals surface area contributed by atoms with Gasteiger partial charge in [0.2, 0.25) is 0 Å². The van der Waals surface area contributed by atoms with Crippen LogP contribution in [0.4, 0.5) is 0 Å². The van der Waals surface area contributed by atoms with E-state index in [9.17, 15) is 5.11 Å². The summed E-state index contributed by atoms with van der Waals surface area (Å²) < 4.78 is 1.75. The van der Waals surface area contributed by atoms with Crippen LogP contribution in [0.1, 0.15) is 32.3 Å². The van der Waals surface area contributed by atoms with Crippen LogP contribution < -0.4 is 0 Å². The molecule has 1 aromatic heterocycles. The van der Waals surface area contributed by atoms with Crippen molar-refractivity contribution in [3.63, 3.8) is 0 Å². The number of hydrogen-bond acceptors (Lipinski definition) is 3. The first-order valence-electron chi connectivity index (χ1n) is 8.29. The molecule has 1 aliphatic rings. The van der Waals surface area contributed by atoms with E-state index in [2.05, 4.69) is 30.0 Å². The molecule has 3 rings (SSSR count). The Kier molecular flexibility index (Phi) is 4.74. The topological polar surface area (TPSA) is 50.9 Å². The molecule has 3 atom stereocenters. The molecule has 23 heavy (non-hydrogen) atoms. The number of aromatic nitrogens is 3. The number of halogens is 1. The molecule has 0 radical (unpaired) electrons. The van der Waals surface area contributed by atoms with Crippen LogP contribution in [0.3, 0.4) is 0 Å². The zero-order valence-electron chi connectivity index (χ0n) is 13.7. The van der Waals surface area contributed by atoms with Gasteiger partial charge in [-0.15, -0.1) is 0 Å². The lowest BCUT2D eigenvalue weighted by molar-refractivity contribution is -0.0667. The molecule has 1 saturated carbocycles. The first-order chi connectivity index (χ1) is 11.0. The molecule has 1 fully saturated rings. The SMILES string of the molecule is CC(C)C1CCC(Cc2ccccc2Cl)C1(O)Cn1cncn1. The highest BCUT2D eigenvalue weighted by molar-refractivity contribution is 6.31. The predicted octanol–water partition coefficient (Wildman–Crippen LogP) is 3.59. The average molecular weight is 334 g/mol. The summed E-state index contributed by atoms with van der Waals surface area (Å²) in [5, 5.41) is 16.6. The van der Waals surface area contributed by atoms with Crippen LogP contribution in [0.15, 0.2) is 36.9 Å². The maximum atomic E-state index is 11.6. The van der Waals surface area contributed by atoms with E-state index >= 15 is 0 Å². The van der Waals surface area contributed by atoms with Crippen LogP contribution in [0.2, 0.25) is 5.02 Å². The lowest BCUT2D eigenvalue weighted by atomic mass is 9.76. The summed E-state index contributed by atoms with van der Waals surface area (Å²) in [6, 6.07) is 7.93. The molecule has 0 spiro atoms. The second-order valence-corrected chi connectivity index (χ2v) is 7.41. The van der Waals surface area contributed by atoms with Crippen molar-refractivity contribution in [2.24, 2.45) is 17.8 Å². The van der Waals surface area contributed by atoms with Gasteiger partial charge in [0.15, 0.2) is 0 Å². The van der Waals surface area contributed by atoms with Crippen molar-refractivity contribution in [1.29, 1.82) is 0 Å². The van der Waals surface area contributed by atoms with Gasteiger partial charge in [-0.3, -0.25) is 4.68 Å². The molecule has 1 N–H and O–H groups in total. The maximum absolute atomic E-state index is 11.6. The highest BCUT2D eigenvalue weighted by atomic mass is 35.5. The van der Waals surface area contributed by atoms with Gasteiger partial charge >= 0.3 is 0 Å². The van der Waals surface area contributed by atoms with Crippen LogP contribution in [-0.2, 0) is 13.0 Å². The van der Waals surface area contributed by atoms with Crippen LogP contribution in [0.25, 0.3) is 0 Å². The Morgan fingerprint density at radius 2 is 2.13 bits per heavy atom. The highest BCUT2D eigenvalue weighted by Gasteiger charge is 2.50. The second-order valence-electron chi connectivity index (χ2n) is 7.00. The zero-order chi connectivity index (χ0) is 16.4. The average Bonchev–Trinajstić information content (AvgIpc) is 3.10. The van der Waals surface area contributed by atoms with Gasteiger partial charge < -0.3 is 5.11 Å². The van der Waals surface area contributed by atoms with E-state index < -0.39 is 5.60 Å². The van der Waals surface area contributed by atoms with Gasteiger partial charge in [-0.05, 0) is 48.6 Å². The first kappa shape index (κ1) is 16.5. The highest BCUT2D eigenvalue weighted by Crippen LogP contribution is 2.47. The fraction of sp³-hybridized carbons (Fsp3) is 0.556. The van der Waals surface area contributed by atoms with Crippen molar-refractivity contribution < 1.29 is 5.11 Å². The predicted molar refractivity (Wildman–Crippen MR) is 91.2 cm³/mol. The summed E-state index contributed by atoms with van der Waals surface area (Å²) >= 11 is 6.33. The van der Waals surface area contributed by atoms with Gasteiger partial charge in [0, 0.05) is 5.02 Å². The van der Waals surface area contributed by atoms with Crippen LogP contribution in [-0.4, -0.2) is 25.5 Å². The number of aliphatic hydroxyl groups is 1. The normalized spacial score (nSPS) is 27.7. The summed E-state index contributed by atoms with van der Waals surface area (Å²) in [7, 11) is 0. The molecule has 1 aliphatic carbocycles. The Morgan fingerprint density at radius 3 is 2.78 bits per heavy atom. The maximum Gasteiger partial charge on any atom is 0.137 e. The molecule has 2 aromatic rings. The minimum absolute atomic E-state index is 0.180. The van der Waals surface area contributed by atoms with Gasteiger partial charge in [0.05, 0.1) is 12.1 Å². The van der Waals surface area contributed by atoms with E-state index in [1.807, 2.05) is 18.2 Å². The fourth-order valence-corrected chi connectivity index (χ4v) is 4.34. The molecule has 0 saturated heterocycles. The molecule has 1 aromatic carbocycles. The van der Waals surface area contributed by atoms with Crippen molar-refractivity contribution >= 4 is 11.6 Å². The van der Waals surface area contributed by atoms with E-state index in [1.54, 1.807) is 11.0 Å². The Bertz CT molecular complexity index is 643. The fourth-order valence-electron chi connectivity index (χ4n) is 4.12. The van der Waals surface area contributed by atoms with E-state index in [1.165, 1.54) is 6.33 Å². The van der Waals surface area contributed by atoms with Crippen molar-refractivity contribution in [1.82, 2.24) is 14.8 Å². The molecule has 124 valence electrons. The monoisotopic (exact) mass is 333 g/mol. The quantitative estimate of drug-likeness (QED) is 0.909. The lowest BCUT2D eigenvalue weighted by Crippen LogP contribution is -2.46. The Labute approximate surface area is 142 Å². The van der Waals surface area contributed by atoms with E-state index in [-0.39, 0.29) is 11.8 Å². The van der Waals surface area contributed by atoms with Crippen molar-refractivity contribution in [3.8, 4) is 0 Å². The number of rotatable bonds is 5. The van der Waals surface area contributed by atoms with Gasteiger partial charge in [-0.25, -0.2) is 4.98 Å². The summed E-state index contributed by atoms with van der Waals surface area (Å²) in [5.41, 5.74) is 0.335. The van der Waals surface area contributed by atoms with E-state index in [4.69, 9.17) is 11.6 Å². The summed E-state index contributed by atoms with van der Waals surface area (Å²) in [6.07, 6.45) is 6.05. The van der Waals surface area contributed by atoms with E-state index in [0.717, 1.165) is 29.8 Å². The third-order valence-corrected chi connectivity index (χ3v) is 5.65. The van der Waals surface area contributed by atoms with E-state index in [0.29, 0.717) is 12.5 Å². The molecule has 1 heterocycles. The largest absolute Gasteiger partial charge is 0.387 e. The summed E-state index contributed by atoms with van der Waals surface area (Å²) in [5.74, 6) is 0.873. The number of benzene rings is 1. The number of hydrogen-bond donors (Lipinski definition) is 1. The molecule has 5 heteroatoms. The van der Waals surface area contributed by atoms with Crippen LogP contribution >= 0.6 is 11.6 Å². The second kappa shape index (κ2) is 6.62. The first-order valence-corrected chi connectivity index (χ1v) is 8.66. The van der Waals surface area contributed by atoms with Crippen molar-refractivity contribution in [3.05, 3.63) is 47.5 Å². The Hall–Kier alpha value is -1.39. The third-order valence-electron chi connectivity index (χ3n) is 5.29. The summed E-state index contributed by atoms with van der Waals surface area (Å²) in [6.45, 7) is 4.87. The van der Waals surface area contributed by atoms with Gasteiger partial charge in [-0.1, -0.05) is 43.6 Å². The smallest absolute Gasteiger partial charge is 0.137 e. The van der Waals surface area contributed by atoms with Crippen LogP contribution in [0, 0.1) is 17.8 Å².